The fraction of sp³-hybridized carbons (Fsp3) is 1.00. The molecule has 0 aliphatic carbocycles. The Bertz CT molecular complexity index is 39.1. The number of nitrogens with one attached hydrogen (secondary N) is 1. The summed E-state index contributed by atoms with van der Waals surface area (Å²) in [6.07, 6.45) is 2.10. The Kier molecular flexibility index (Phi) is 4.67. The van der Waals surface area contributed by atoms with Crippen LogP contribution in [0.15, 0.2) is 0 Å². The number of thioether (sulfide) groups is 1. The maximum Gasteiger partial charge on any atom is 0.0500 e. The van der Waals surface area contributed by atoms with Crippen molar-refractivity contribution in [2.45, 2.75) is 19.2 Å². The van der Waals surface area contributed by atoms with E-state index in [2.05, 4.69) is 25.4 Å². The van der Waals surface area contributed by atoms with Crippen LogP contribution in [0.25, 0.3) is 0 Å². The second-order valence-corrected chi connectivity index (χ2v) is 2.61. The Balaban J connectivity index is 2.83. The van der Waals surface area contributed by atoms with E-state index in [1.807, 2.05) is 11.8 Å². The second kappa shape index (κ2) is 4.47. The number of hydrogen-bond donors (Lipinski definition) is 1. The van der Waals surface area contributed by atoms with Crippen molar-refractivity contribution in [2.24, 2.45) is 0 Å². The van der Waals surface area contributed by atoms with Gasteiger partial charge < -0.3 is 5.32 Å². The highest BCUT2D eigenvalue weighted by Crippen LogP contribution is 1.98. The molecule has 0 fully saturated rings. The molecule has 0 saturated carbocycles. The van der Waals surface area contributed by atoms with Crippen LogP contribution < -0.4 is 5.32 Å². The molecule has 2 heteroatoms. The first-order valence-electron chi connectivity index (χ1n) is 2.57. The number of rotatable bonds is 3. The summed E-state index contributed by atoms with van der Waals surface area (Å²) in [7, 11) is 0. The van der Waals surface area contributed by atoms with Crippen molar-refractivity contribution < 1.29 is 0 Å². The summed E-state index contributed by atoms with van der Waals surface area (Å²) >= 11 is 1.84. The van der Waals surface area contributed by atoms with E-state index in [9.17, 15) is 0 Å². The van der Waals surface area contributed by atoms with Crippen molar-refractivity contribution in [1.29, 1.82) is 0 Å². The minimum Gasteiger partial charge on any atom is -0.306 e. The van der Waals surface area contributed by atoms with Crippen LogP contribution in [0.3, 0.4) is 0 Å². The lowest BCUT2D eigenvalue weighted by Gasteiger charge is -2.05. The van der Waals surface area contributed by atoms with Crippen molar-refractivity contribution in [3.05, 3.63) is 0 Å². The summed E-state index contributed by atoms with van der Waals surface area (Å²) in [5.74, 6) is 0. The highest BCUT2D eigenvalue weighted by Gasteiger charge is 1.90. The van der Waals surface area contributed by atoms with Crippen LogP contribution >= 0.6 is 11.8 Å². The van der Waals surface area contributed by atoms with Gasteiger partial charge in [0.1, 0.15) is 0 Å². The van der Waals surface area contributed by atoms with Gasteiger partial charge in [-0.05, 0) is 19.7 Å². The zero-order chi connectivity index (χ0) is 5.70. The van der Waals surface area contributed by atoms with Gasteiger partial charge in [0, 0.05) is 0 Å². The molecule has 1 N–H and O–H groups in total. The van der Waals surface area contributed by atoms with Gasteiger partial charge in [-0.1, -0.05) is 6.92 Å². The molecule has 0 aromatic carbocycles. The molecule has 44 valence electrons. The smallest absolute Gasteiger partial charge is 0.0500 e. The van der Waals surface area contributed by atoms with E-state index in [-0.39, 0.29) is 0 Å². The van der Waals surface area contributed by atoms with Crippen LogP contribution in [0.2, 0.25) is 0 Å². The maximum absolute atomic E-state index is 3.26. The summed E-state index contributed by atoms with van der Waals surface area (Å²) in [5, 5.41) is 3.87. The van der Waals surface area contributed by atoms with Gasteiger partial charge in [0.05, 0.1) is 5.37 Å². The average Bonchev–Trinajstić information content (AvgIpc) is 1.68. The Morgan fingerprint density at radius 2 is 2.29 bits per heavy atom. The molecule has 0 radical (unpaired) electrons. The fourth-order valence-corrected chi connectivity index (χ4v) is 0.704. The normalized spacial score (nSPS) is 14.1. The van der Waals surface area contributed by atoms with Crippen molar-refractivity contribution in [3.63, 3.8) is 0 Å². The van der Waals surface area contributed by atoms with Crippen LogP contribution in [0.4, 0.5) is 0 Å². The molecule has 1 atom stereocenters. The monoisotopic (exact) mass is 119 g/mol. The van der Waals surface area contributed by atoms with Gasteiger partial charge in [0.2, 0.25) is 0 Å². The molecule has 0 spiro atoms. The fourth-order valence-electron chi connectivity index (χ4n) is 0.371. The highest BCUT2D eigenvalue weighted by molar-refractivity contribution is 7.99. The highest BCUT2D eigenvalue weighted by atomic mass is 32.2. The zero-order valence-corrected chi connectivity index (χ0v) is 6.01. The van der Waals surface area contributed by atoms with Gasteiger partial charge >= 0.3 is 0 Å². The van der Waals surface area contributed by atoms with Crippen LogP contribution in [0.5, 0.6) is 0 Å². The molecule has 0 bridgehead atoms. The Morgan fingerprint density at radius 3 is 2.43 bits per heavy atom. The van der Waals surface area contributed by atoms with Gasteiger partial charge in [-0.3, -0.25) is 0 Å². The third-order valence-electron chi connectivity index (χ3n) is 0.845. The average molecular weight is 119 g/mol. The SMILES string of the molecule is CCNC(C)SC. The summed E-state index contributed by atoms with van der Waals surface area (Å²) < 4.78 is 0. The Hall–Kier alpha value is 0.310. The topological polar surface area (TPSA) is 12.0 Å². The van der Waals surface area contributed by atoms with Crippen LogP contribution in [0, 0.1) is 0 Å². The molecular formula is C5H13NS. The number of hydrogen-bond acceptors (Lipinski definition) is 2. The van der Waals surface area contributed by atoms with Crippen LogP contribution in [-0.4, -0.2) is 18.2 Å². The van der Waals surface area contributed by atoms with Gasteiger partial charge in [-0.2, -0.15) is 0 Å². The lowest BCUT2D eigenvalue weighted by Crippen LogP contribution is -2.21. The molecule has 0 aromatic heterocycles. The van der Waals surface area contributed by atoms with E-state index in [0.29, 0.717) is 5.37 Å². The molecule has 1 unspecified atom stereocenters. The summed E-state index contributed by atoms with van der Waals surface area (Å²) in [5.41, 5.74) is 0. The first-order chi connectivity index (χ1) is 3.31. The van der Waals surface area contributed by atoms with Crippen molar-refractivity contribution >= 4 is 11.8 Å². The van der Waals surface area contributed by atoms with Gasteiger partial charge in [-0.25, -0.2) is 0 Å². The minimum atomic E-state index is 0.616. The quantitative estimate of drug-likeness (QED) is 0.562. The van der Waals surface area contributed by atoms with Crippen molar-refractivity contribution in [1.82, 2.24) is 5.32 Å². The Morgan fingerprint density at radius 1 is 1.71 bits per heavy atom. The predicted octanol–water partition coefficient (Wildman–Crippen LogP) is 1.30. The van der Waals surface area contributed by atoms with E-state index in [4.69, 9.17) is 0 Å². The molecule has 0 amide bonds. The van der Waals surface area contributed by atoms with Gasteiger partial charge in [-0.15, -0.1) is 11.8 Å². The van der Waals surface area contributed by atoms with Gasteiger partial charge in [0.15, 0.2) is 0 Å². The predicted molar refractivity (Wildman–Crippen MR) is 36.7 cm³/mol. The molecule has 0 heterocycles. The molecule has 0 aliphatic heterocycles. The molecule has 0 saturated heterocycles. The second-order valence-electron chi connectivity index (χ2n) is 1.44. The summed E-state index contributed by atoms with van der Waals surface area (Å²) in [4.78, 5) is 0. The third-order valence-corrected chi connectivity index (χ3v) is 1.72. The van der Waals surface area contributed by atoms with Crippen molar-refractivity contribution in [3.8, 4) is 0 Å². The molecule has 0 rings (SSSR count). The first-order valence-corrected chi connectivity index (χ1v) is 3.86. The molecule has 0 aliphatic rings. The molecule has 1 nitrogen and oxygen atoms in total. The summed E-state index contributed by atoms with van der Waals surface area (Å²) in [6, 6.07) is 0. The lowest BCUT2D eigenvalue weighted by atomic mass is 10.7. The standard InChI is InChI=1S/C5H13NS/c1-4-6-5(2)7-3/h5-6H,4H2,1-3H3. The van der Waals surface area contributed by atoms with Crippen LogP contribution in [-0.2, 0) is 0 Å². The molecule has 0 aromatic rings. The molecular weight excluding hydrogens is 106 g/mol. The van der Waals surface area contributed by atoms with Crippen LogP contribution in [0.1, 0.15) is 13.8 Å². The van der Waals surface area contributed by atoms with Gasteiger partial charge in [0.25, 0.3) is 0 Å². The maximum atomic E-state index is 3.26. The first kappa shape index (κ1) is 7.31. The van der Waals surface area contributed by atoms with E-state index in [0.717, 1.165) is 6.54 Å². The van der Waals surface area contributed by atoms with E-state index in [1.165, 1.54) is 0 Å². The summed E-state index contributed by atoms with van der Waals surface area (Å²) in [6.45, 7) is 5.35. The van der Waals surface area contributed by atoms with E-state index in [1.54, 1.807) is 0 Å². The Labute approximate surface area is 49.9 Å². The van der Waals surface area contributed by atoms with E-state index < -0.39 is 0 Å². The van der Waals surface area contributed by atoms with Crippen molar-refractivity contribution in [2.75, 3.05) is 12.8 Å². The lowest BCUT2D eigenvalue weighted by molar-refractivity contribution is 0.721. The molecule has 7 heavy (non-hydrogen) atoms. The largest absolute Gasteiger partial charge is 0.306 e. The zero-order valence-electron chi connectivity index (χ0n) is 5.19. The minimum absolute atomic E-state index is 0.616. The third kappa shape index (κ3) is 4.16. The van der Waals surface area contributed by atoms with E-state index >= 15 is 0 Å².